The van der Waals surface area contributed by atoms with Gasteiger partial charge in [0.25, 0.3) is 5.56 Å². The van der Waals surface area contributed by atoms with Crippen LogP contribution in [0.3, 0.4) is 0 Å². The molecule has 27 heavy (non-hydrogen) atoms. The smallest absolute Gasteiger partial charge is 0.268 e. The second kappa shape index (κ2) is 7.03. The second-order valence-corrected chi connectivity index (χ2v) is 5.64. The number of hydrogen-bond donors (Lipinski definition) is 2. The molecule has 1 aromatic heterocycles. The van der Waals surface area contributed by atoms with Crippen LogP contribution in [0.4, 0.5) is 10.2 Å². The Bertz CT molecular complexity index is 1170. The molecule has 132 valence electrons. The van der Waals surface area contributed by atoms with Crippen molar-refractivity contribution in [1.29, 1.82) is 10.5 Å². The van der Waals surface area contributed by atoms with Crippen molar-refractivity contribution in [2.45, 2.75) is 0 Å². The van der Waals surface area contributed by atoms with Gasteiger partial charge < -0.3 is 15.5 Å². The Labute approximate surface area is 153 Å². The minimum Gasteiger partial charge on any atom is -0.494 e. The summed E-state index contributed by atoms with van der Waals surface area (Å²) in [7, 11) is 1.39. The van der Waals surface area contributed by atoms with Gasteiger partial charge in [0, 0.05) is 5.56 Å². The van der Waals surface area contributed by atoms with E-state index in [1.165, 1.54) is 19.2 Å². The number of aromatic amines is 1. The Balaban J connectivity index is 2.12. The molecule has 0 aliphatic carbocycles. The molecule has 3 aromatic rings. The average molecular weight is 360 g/mol. The maximum Gasteiger partial charge on any atom is 0.268 e. The summed E-state index contributed by atoms with van der Waals surface area (Å²) in [4.78, 5) is 14.3. The molecular weight excluding hydrogens is 347 g/mol. The highest BCUT2D eigenvalue weighted by atomic mass is 19.1. The molecular formula is C20H13FN4O2. The fourth-order valence-corrected chi connectivity index (χ4v) is 2.81. The second-order valence-electron chi connectivity index (χ2n) is 5.64. The van der Waals surface area contributed by atoms with E-state index in [0.29, 0.717) is 11.1 Å². The minimum atomic E-state index is -0.662. The minimum absolute atomic E-state index is 0.0226. The molecule has 1 heterocycles. The molecule has 0 aliphatic heterocycles. The van der Waals surface area contributed by atoms with E-state index in [0.717, 1.165) is 5.56 Å². The average Bonchev–Trinajstić information content (AvgIpc) is 2.67. The molecule has 0 aliphatic rings. The van der Waals surface area contributed by atoms with Gasteiger partial charge in [0.05, 0.1) is 7.11 Å². The zero-order chi connectivity index (χ0) is 19.6. The Hall–Kier alpha value is -4.10. The number of nitrogen functional groups attached to an aromatic ring is 1. The van der Waals surface area contributed by atoms with Gasteiger partial charge in [-0.15, -0.1) is 0 Å². The molecule has 0 saturated heterocycles. The third-order valence-electron chi connectivity index (χ3n) is 4.13. The third-order valence-corrected chi connectivity index (χ3v) is 4.13. The van der Waals surface area contributed by atoms with E-state index < -0.39 is 11.4 Å². The third kappa shape index (κ3) is 3.10. The van der Waals surface area contributed by atoms with E-state index in [1.54, 1.807) is 30.3 Å². The summed E-state index contributed by atoms with van der Waals surface area (Å²) in [6.45, 7) is 0. The molecule has 6 nitrogen and oxygen atoms in total. The number of anilines is 1. The van der Waals surface area contributed by atoms with Gasteiger partial charge in [-0.1, -0.05) is 30.3 Å². The van der Waals surface area contributed by atoms with Gasteiger partial charge >= 0.3 is 0 Å². The van der Waals surface area contributed by atoms with E-state index in [-0.39, 0.29) is 28.3 Å². The van der Waals surface area contributed by atoms with Crippen molar-refractivity contribution in [2.24, 2.45) is 0 Å². The standard InChI is InChI=1S/C20H13FN4O2/c1-27-17-7-6-13(8-16(17)21)11-2-4-12(5-3-11)18-14(9-22)19(24)25-20(26)15(18)10-23/h2-8H,1H3,(H3,24,25,26). The molecule has 2 aromatic carbocycles. The van der Waals surface area contributed by atoms with Crippen LogP contribution in [0, 0.1) is 28.5 Å². The van der Waals surface area contributed by atoms with Crippen molar-refractivity contribution in [3.8, 4) is 40.1 Å². The van der Waals surface area contributed by atoms with Crippen molar-refractivity contribution in [1.82, 2.24) is 4.98 Å². The predicted octanol–water partition coefficient (Wildman–Crippen LogP) is 3.18. The Morgan fingerprint density at radius 2 is 1.59 bits per heavy atom. The van der Waals surface area contributed by atoms with Gasteiger partial charge in [0.2, 0.25) is 0 Å². The number of aromatic nitrogens is 1. The number of H-pyrrole nitrogens is 1. The number of halogens is 1. The first-order valence-corrected chi connectivity index (χ1v) is 7.80. The number of nitrogens with one attached hydrogen (secondary N) is 1. The van der Waals surface area contributed by atoms with Crippen LogP contribution in [0.2, 0.25) is 0 Å². The van der Waals surface area contributed by atoms with Gasteiger partial charge in [0.15, 0.2) is 11.6 Å². The molecule has 0 atom stereocenters. The molecule has 0 bridgehead atoms. The topological polar surface area (TPSA) is 116 Å². The zero-order valence-corrected chi connectivity index (χ0v) is 14.2. The SMILES string of the molecule is COc1ccc(-c2ccc(-c3c(C#N)c(N)[nH]c(=O)c3C#N)cc2)cc1F. The summed E-state index contributed by atoms with van der Waals surface area (Å²) in [5, 5.41) is 18.7. The summed E-state index contributed by atoms with van der Waals surface area (Å²) in [5.74, 6) is -0.440. The van der Waals surface area contributed by atoms with Crippen molar-refractivity contribution < 1.29 is 9.13 Å². The van der Waals surface area contributed by atoms with Crippen LogP contribution in [-0.2, 0) is 0 Å². The Morgan fingerprint density at radius 1 is 1.00 bits per heavy atom. The number of ether oxygens (including phenoxy) is 1. The molecule has 0 amide bonds. The van der Waals surface area contributed by atoms with Crippen LogP contribution in [0.25, 0.3) is 22.3 Å². The van der Waals surface area contributed by atoms with E-state index in [1.807, 2.05) is 12.1 Å². The molecule has 0 fully saturated rings. The lowest BCUT2D eigenvalue weighted by Gasteiger charge is -2.10. The lowest BCUT2D eigenvalue weighted by Crippen LogP contribution is -2.16. The van der Waals surface area contributed by atoms with Gasteiger partial charge in [-0.2, -0.15) is 10.5 Å². The number of benzene rings is 2. The monoisotopic (exact) mass is 360 g/mol. The van der Waals surface area contributed by atoms with Gasteiger partial charge in [-0.05, 0) is 28.8 Å². The van der Waals surface area contributed by atoms with Crippen molar-refractivity contribution in [3.63, 3.8) is 0 Å². The van der Waals surface area contributed by atoms with Crippen LogP contribution in [0.15, 0.2) is 47.3 Å². The molecule has 7 heteroatoms. The van der Waals surface area contributed by atoms with Crippen molar-refractivity contribution >= 4 is 5.82 Å². The quantitative estimate of drug-likeness (QED) is 0.744. The highest BCUT2D eigenvalue weighted by molar-refractivity contribution is 5.81. The summed E-state index contributed by atoms with van der Waals surface area (Å²) < 4.78 is 18.8. The van der Waals surface area contributed by atoms with Crippen molar-refractivity contribution in [2.75, 3.05) is 12.8 Å². The number of rotatable bonds is 3. The zero-order valence-electron chi connectivity index (χ0n) is 14.2. The fourth-order valence-electron chi connectivity index (χ4n) is 2.81. The normalized spacial score (nSPS) is 10.1. The number of nitriles is 2. The number of nitrogens with two attached hydrogens (primary N) is 1. The van der Waals surface area contributed by atoms with Crippen LogP contribution in [-0.4, -0.2) is 12.1 Å². The molecule has 0 radical (unpaired) electrons. The lowest BCUT2D eigenvalue weighted by molar-refractivity contribution is 0.386. The van der Waals surface area contributed by atoms with E-state index in [4.69, 9.17) is 10.5 Å². The molecule has 3 N–H and O–H groups in total. The Kier molecular flexibility index (Phi) is 4.61. The highest BCUT2D eigenvalue weighted by Crippen LogP contribution is 2.31. The molecule has 0 saturated carbocycles. The van der Waals surface area contributed by atoms with Crippen LogP contribution in [0.5, 0.6) is 5.75 Å². The number of hydrogen-bond acceptors (Lipinski definition) is 5. The summed E-state index contributed by atoms with van der Waals surface area (Å²) in [6, 6.07) is 15.0. The van der Waals surface area contributed by atoms with Gasteiger partial charge in [0.1, 0.15) is 29.1 Å². The number of methoxy groups -OCH3 is 1. The van der Waals surface area contributed by atoms with Gasteiger partial charge in [-0.25, -0.2) is 4.39 Å². The first kappa shape index (κ1) is 17.7. The maximum absolute atomic E-state index is 13.9. The molecule has 0 unspecified atom stereocenters. The lowest BCUT2D eigenvalue weighted by atomic mass is 9.94. The van der Waals surface area contributed by atoms with E-state index in [2.05, 4.69) is 4.98 Å². The largest absolute Gasteiger partial charge is 0.494 e. The first-order chi connectivity index (χ1) is 13.0. The molecule has 3 rings (SSSR count). The van der Waals surface area contributed by atoms with Gasteiger partial charge in [-0.3, -0.25) is 4.79 Å². The van der Waals surface area contributed by atoms with Crippen LogP contribution < -0.4 is 16.0 Å². The maximum atomic E-state index is 13.9. The number of nitrogens with zero attached hydrogens (tertiary/aromatic N) is 2. The summed E-state index contributed by atoms with van der Waals surface area (Å²) in [6.07, 6.45) is 0. The predicted molar refractivity (Wildman–Crippen MR) is 98.3 cm³/mol. The van der Waals surface area contributed by atoms with E-state index >= 15 is 0 Å². The summed E-state index contributed by atoms with van der Waals surface area (Å²) >= 11 is 0. The van der Waals surface area contributed by atoms with Crippen LogP contribution >= 0.6 is 0 Å². The van der Waals surface area contributed by atoms with Crippen LogP contribution in [0.1, 0.15) is 11.1 Å². The number of pyridine rings is 1. The Morgan fingerprint density at radius 3 is 2.15 bits per heavy atom. The summed E-state index contributed by atoms with van der Waals surface area (Å²) in [5.41, 5.74) is 6.90. The first-order valence-electron chi connectivity index (χ1n) is 7.80. The highest BCUT2D eigenvalue weighted by Gasteiger charge is 2.18. The molecule has 0 spiro atoms. The fraction of sp³-hybridized carbons (Fsp3) is 0.0500. The van der Waals surface area contributed by atoms with Crippen molar-refractivity contribution in [3.05, 3.63) is 69.8 Å². The van der Waals surface area contributed by atoms with E-state index in [9.17, 15) is 19.7 Å².